The first-order valence-electron chi connectivity index (χ1n) is 9.09. The SMILES string of the molecule is COCCOc1cccc(CNC(=O)c2cccc(NC(=O)c3cccs3)c2)c1. The molecule has 0 bridgehead atoms. The molecule has 1 heterocycles. The lowest BCUT2D eigenvalue weighted by Gasteiger charge is -2.10. The molecule has 0 saturated carbocycles. The Hall–Kier alpha value is -3.16. The van der Waals surface area contributed by atoms with Gasteiger partial charge in [-0.25, -0.2) is 0 Å². The van der Waals surface area contributed by atoms with E-state index in [1.54, 1.807) is 37.4 Å². The molecule has 0 unspecified atom stereocenters. The van der Waals surface area contributed by atoms with Gasteiger partial charge in [0.2, 0.25) is 0 Å². The first-order valence-corrected chi connectivity index (χ1v) is 9.97. The summed E-state index contributed by atoms with van der Waals surface area (Å²) in [4.78, 5) is 25.3. The number of hydrogen-bond donors (Lipinski definition) is 2. The van der Waals surface area contributed by atoms with Crippen molar-refractivity contribution in [3.63, 3.8) is 0 Å². The van der Waals surface area contributed by atoms with Crippen molar-refractivity contribution in [2.24, 2.45) is 0 Å². The summed E-state index contributed by atoms with van der Waals surface area (Å²) in [5.74, 6) is 0.317. The summed E-state index contributed by atoms with van der Waals surface area (Å²) in [6.45, 7) is 1.35. The van der Waals surface area contributed by atoms with Crippen LogP contribution in [-0.4, -0.2) is 32.1 Å². The number of amides is 2. The van der Waals surface area contributed by atoms with Crippen LogP contribution in [0, 0.1) is 0 Å². The van der Waals surface area contributed by atoms with Crippen molar-refractivity contribution in [3.8, 4) is 5.75 Å². The highest BCUT2D eigenvalue weighted by atomic mass is 32.1. The quantitative estimate of drug-likeness (QED) is 0.524. The Kier molecular flexibility index (Phi) is 7.38. The fourth-order valence-electron chi connectivity index (χ4n) is 2.61. The standard InChI is InChI=1S/C22H22N2O4S/c1-27-10-11-28-19-8-2-5-16(13-19)15-23-21(25)17-6-3-7-18(14-17)24-22(26)20-9-4-12-29-20/h2-9,12-14H,10-11,15H2,1H3,(H,23,25)(H,24,26). The number of hydrogen-bond acceptors (Lipinski definition) is 5. The van der Waals surface area contributed by atoms with Gasteiger partial charge in [-0.1, -0.05) is 24.3 Å². The Morgan fingerprint density at radius 2 is 1.83 bits per heavy atom. The monoisotopic (exact) mass is 410 g/mol. The van der Waals surface area contributed by atoms with Crippen molar-refractivity contribution in [3.05, 3.63) is 82.0 Å². The predicted octanol–water partition coefficient (Wildman–Crippen LogP) is 3.96. The van der Waals surface area contributed by atoms with Gasteiger partial charge in [0.05, 0.1) is 11.5 Å². The van der Waals surface area contributed by atoms with Crippen molar-refractivity contribution >= 4 is 28.8 Å². The Labute approximate surface area is 173 Å². The predicted molar refractivity (Wildman–Crippen MR) is 114 cm³/mol. The minimum Gasteiger partial charge on any atom is -0.491 e. The molecular formula is C22H22N2O4S. The molecule has 0 fully saturated rings. The van der Waals surface area contributed by atoms with Gasteiger partial charge in [-0.15, -0.1) is 11.3 Å². The zero-order valence-corrected chi connectivity index (χ0v) is 16.8. The highest BCUT2D eigenvalue weighted by Crippen LogP contribution is 2.16. The fourth-order valence-corrected chi connectivity index (χ4v) is 3.23. The number of nitrogens with one attached hydrogen (secondary N) is 2. The van der Waals surface area contributed by atoms with E-state index in [-0.39, 0.29) is 11.8 Å². The van der Waals surface area contributed by atoms with E-state index in [9.17, 15) is 9.59 Å². The number of thiophene rings is 1. The van der Waals surface area contributed by atoms with Crippen LogP contribution in [0.15, 0.2) is 66.0 Å². The molecule has 6 nitrogen and oxygen atoms in total. The highest BCUT2D eigenvalue weighted by Gasteiger charge is 2.10. The number of anilines is 1. The minimum atomic E-state index is -0.220. The second kappa shape index (κ2) is 10.4. The van der Waals surface area contributed by atoms with Crippen LogP contribution >= 0.6 is 11.3 Å². The average molecular weight is 410 g/mol. The molecule has 2 N–H and O–H groups in total. The normalized spacial score (nSPS) is 10.4. The maximum Gasteiger partial charge on any atom is 0.265 e. The largest absolute Gasteiger partial charge is 0.491 e. The first kappa shape index (κ1) is 20.6. The van der Waals surface area contributed by atoms with Crippen LogP contribution in [0.2, 0.25) is 0 Å². The number of methoxy groups -OCH3 is 1. The Morgan fingerprint density at radius 3 is 2.62 bits per heavy atom. The van der Waals surface area contributed by atoms with Crippen molar-refractivity contribution in [1.82, 2.24) is 5.32 Å². The van der Waals surface area contributed by atoms with Crippen molar-refractivity contribution in [2.75, 3.05) is 25.6 Å². The smallest absolute Gasteiger partial charge is 0.265 e. The molecule has 0 aliphatic rings. The molecule has 3 rings (SSSR count). The molecule has 2 aromatic carbocycles. The van der Waals surface area contributed by atoms with E-state index < -0.39 is 0 Å². The molecule has 0 aliphatic carbocycles. The second-order valence-electron chi connectivity index (χ2n) is 6.18. The van der Waals surface area contributed by atoms with Gasteiger partial charge in [0.15, 0.2) is 0 Å². The summed E-state index contributed by atoms with van der Waals surface area (Å²) in [5, 5.41) is 7.54. The fraction of sp³-hybridized carbons (Fsp3) is 0.182. The first-order chi connectivity index (χ1) is 14.2. The van der Waals surface area contributed by atoms with E-state index >= 15 is 0 Å². The molecule has 1 aromatic heterocycles. The lowest BCUT2D eigenvalue weighted by molar-refractivity contribution is 0.0949. The average Bonchev–Trinajstić information content (AvgIpc) is 3.28. The lowest BCUT2D eigenvalue weighted by atomic mass is 10.1. The topological polar surface area (TPSA) is 76.7 Å². The zero-order chi connectivity index (χ0) is 20.5. The van der Waals surface area contributed by atoms with Crippen LogP contribution in [0.5, 0.6) is 5.75 Å². The van der Waals surface area contributed by atoms with Gasteiger partial charge in [-0.05, 0) is 47.3 Å². The van der Waals surface area contributed by atoms with Crippen molar-refractivity contribution in [2.45, 2.75) is 6.54 Å². The number of rotatable bonds is 9. The maximum atomic E-state index is 12.5. The van der Waals surface area contributed by atoms with Gasteiger partial charge in [0.1, 0.15) is 12.4 Å². The van der Waals surface area contributed by atoms with Crippen LogP contribution in [-0.2, 0) is 11.3 Å². The van der Waals surface area contributed by atoms with E-state index in [0.29, 0.717) is 35.9 Å². The van der Waals surface area contributed by atoms with E-state index in [4.69, 9.17) is 9.47 Å². The van der Waals surface area contributed by atoms with E-state index in [0.717, 1.165) is 11.3 Å². The van der Waals surface area contributed by atoms with Gasteiger partial charge < -0.3 is 20.1 Å². The molecule has 0 saturated heterocycles. The molecule has 0 spiro atoms. The van der Waals surface area contributed by atoms with E-state index in [2.05, 4.69) is 10.6 Å². The summed E-state index contributed by atoms with van der Waals surface area (Å²) in [5.41, 5.74) is 1.97. The summed E-state index contributed by atoms with van der Waals surface area (Å²) in [6.07, 6.45) is 0. The van der Waals surface area contributed by atoms with Gasteiger partial charge in [-0.3, -0.25) is 9.59 Å². The van der Waals surface area contributed by atoms with E-state index in [1.807, 2.05) is 35.7 Å². The van der Waals surface area contributed by atoms with Gasteiger partial charge in [0.25, 0.3) is 11.8 Å². The van der Waals surface area contributed by atoms with Crippen LogP contribution in [0.4, 0.5) is 5.69 Å². The van der Waals surface area contributed by atoms with Crippen molar-refractivity contribution in [1.29, 1.82) is 0 Å². The molecule has 7 heteroatoms. The number of carbonyl (C=O) groups is 2. The van der Waals surface area contributed by atoms with Crippen LogP contribution in [0.3, 0.4) is 0 Å². The van der Waals surface area contributed by atoms with Crippen LogP contribution < -0.4 is 15.4 Å². The van der Waals surface area contributed by atoms with Crippen LogP contribution in [0.1, 0.15) is 25.6 Å². The summed E-state index contributed by atoms with van der Waals surface area (Å²) < 4.78 is 10.6. The Morgan fingerprint density at radius 1 is 0.966 bits per heavy atom. The molecular weight excluding hydrogens is 388 g/mol. The van der Waals surface area contributed by atoms with Crippen molar-refractivity contribution < 1.29 is 19.1 Å². The number of benzene rings is 2. The molecule has 3 aromatic rings. The molecule has 0 radical (unpaired) electrons. The Bertz CT molecular complexity index is 957. The van der Waals surface area contributed by atoms with E-state index in [1.165, 1.54) is 11.3 Å². The molecule has 150 valence electrons. The third kappa shape index (κ3) is 6.17. The summed E-state index contributed by atoms with van der Waals surface area (Å²) in [6, 6.07) is 18.0. The molecule has 0 aliphatic heterocycles. The van der Waals surface area contributed by atoms with Crippen LogP contribution in [0.25, 0.3) is 0 Å². The summed E-state index contributed by atoms with van der Waals surface area (Å²) >= 11 is 1.37. The zero-order valence-electron chi connectivity index (χ0n) is 16.0. The molecule has 0 atom stereocenters. The van der Waals surface area contributed by atoms with Gasteiger partial charge in [-0.2, -0.15) is 0 Å². The minimum absolute atomic E-state index is 0.192. The lowest BCUT2D eigenvalue weighted by Crippen LogP contribution is -2.23. The maximum absolute atomic E-state index is 12.5. The second-order valence-corrected chi connectivity index (χ2v) is 7.13. The van der Waals surface area contributed by atoms with Gasteiger partial charge >= 0.3 is 0 Å². The Balaban J connectivity index is 1.57. The van der Waals surface area contributed by atoms with Gasteiger partial charge in [0, 0.05) is 24.9 Å². The highest BCUT2D eigenvalue weighted by molar-refractivity contribution is 7.12. The third-order valence-corrected chi connectivity index (χ3v) is 4.90. The summed E-state index contributed by atoms with van der Waals surface area (Å²) in [7, 11) is 1.62. The molecule has 29 heavy (non-hydrogen) atoms. The number of carbonyl (C=O) groups excluding carboxylic acids is 2. The third-order valence-electron chi connectivity index (χ3n) is 4.04. The number of ether oxygens (including phenoxy) is 2. The molecule has 2 amide bonds.